The first-order valence-corrected chi connectivity index (χ1v) is 4.25. The largest absolute Gasteiger partial charge is 0.269 e. The molecule has 0 fully saturated rings. The maximum Gasteiger partial charge on any atom is 0.00773 e. The minimum absolute atomic E-state index is 0. The van der Waals surface area contributed by atoms with Crippen molar-refractivity contribution in [1.82, 2.24) is 0 Å². The Bertz CT molecular complexity index is 263. The first kappa shape index (κ1) is 29.6. The molecular weight excluding hydrogens is 264 g/mol. The highest BCUT2D eigenvalue weighted by Crippen LogP contribution is 2.27. The molecule has 0 heterocycles. The fourth-order valence-electron chi connectivity index (χ4n) is 1.11. The summed E-state index contributed by atoms with van der Waals surface area (Å²) >= 11 is 4.39. The average molecular weight is 283 g/mol. The van der Waals surface area contributed by atoms with Crippen LogP contribution >= 0.6 is 25.0 Å². The Balaban J connectivity index is -0.0000000807. The highest BCUT2D eigenvalue weighted by atomic mass is 35.5. The lowest BCUT2D eigenvalue weighted by Crippen LogP contribution is -2.11. The van der Waals surface area contributed by atoms with Gasteiger partial charge in [-0.15, -0.1) is 25.0 Å². The first-order valence-electron chi connectivity index (χ1n) is 3.80. The number of thiol groups is 1. The third-order valence-electron chi connectivity index (χ3n) is 1.71. The van der Waals surface area contributed by atoms with Gasteiger partial charge in [-0.25, -0.2) is 0 Å². The quantitative estimate of drug-likeness (QED) is 0.532. The van der Waals surface area contributed by atoms with E-state index in [0.29, 0.717) is 0 Å². The van der Waals surface area contributed by atoms with Gasteiger partial charge < -0.3 is 0 Å². The zero-order chi connectivity index (χ0) is 8.48. The SMILES string of the molecule is CC(C)(C)c1ccccc1S.Cl.F.F.F.F. The van der Waals surface area contributed by atoms with Crippen molar-refractivity contribution in [3.05, 3.63) is 29.8 Å². The highest BCUT2D eigenvalue weighted by Gasteiger charge is 2.14. The summed E-state index contributed by atoms with van der Waals surface area (Å²) in [6, 6.07) is 8.23. The molecule has 0 saturated heterocycles. The highest BCUT2D eigenvalue weighted by molar-refractivity contribution is 7.80. The lowest BCUT2D eigenvalue weighted by molar-refractivity contribution is 0.578. The van der Waals surface area contributed by atoms with Gasteiger partial charge in [-0.05, 0) is 17.0 Å². The molecule has 0 N–H and O–H groups in total. The molecule has 0 aliphatic carbocycles. The third-order valence-corrected chi connectivity index (χ3v) is 2.10. The molecule has 0 saturated carbocycles. The van der Waals surface area contributed by atoms with Crippen LogP contribution in [0.1, 0.15) is 26.3 Å². The van der Waals surface area contributed by atoms with Crippen LogP contribution in [0.3, 0.4) is 0 Å². The molecule has 0 atom stereocenters. The fraction of sp³-hybridized carbons (Fsp3) is 0.400. The van der Waals surface area contributed by atoms with Gasteiger partial charge in [0.15, 0.2) is 0 Å². The lowest BCUT2D eigenvalue weighted by atomic mass is 9.87. The Morgan fingerprint density at radius 1 is 0.875 bits per heavy atom. The first-order chi connectivity index (χ1) is 5.02. The van der Waals surface area contributed by atoms with Crippen molar-refractivity contribution in [3.8, 4) is 0 Å². The van der Waals surface area contributed by atoms with E-state index in [9.17, 15) is 0 Å². The fourth-order valence-corrected chi connectivity index (χ4v) is 1.60. The molecule has 0 aliphatic rings. The molecule has 0 unspecified atom stereocenters. The monoisotopic (exact) mass is 282 g/mol. The van der Waals surface area contributed by atoms with E-state index in [1.807, 2.05) is 12.1 Å². The smallest absolute Gasteiger partial charge is 0.00773 e. The Morgan fingerprint density at radius 2 is 1.25 bits per heavy atom. The van der Waals surface area contributed by atoms with Crippen molar-refractivity contribution in [2.75, 3.05) is 0 Å². The zero-order valence-corrected chi connectivity index (χ0v) is 11.0. The summed E-state index contributed by atoms with van der Waals surface area (Å²) in [5.41, 5.74) is 1.52. The van der Waals surface area contributed by atoms with Gasteiger partial charge in [-0.2, -0.15) is 0 Å². The van der Waals surface area contributed by atoms with Gasteiger partial charge in [0.05, 0.1) is 0 Å². The number of benzene rings is 1. The van der Waals surface area contributed by atoms with Crippen molar-refractivity contribution in [2.45, 2.75) is 31.1 Å². The summed E-state index contributed by atoms with van der Waals surface area (Å²) in [7, 11) is 0. The maximum atomic E-state index is 4.39. The summed E-state index contributed by atoms with van der Waals surface area (Å²) < 4.78 is 0. The molecule has 1 aromatic rings. The van der Waals surface area contributed by atoms with Crippen molar-refractivity contribution in [1.29, 1.82) is 0 Å². The van der Waals surface area contributed by atoms with Crippen LogP contribution in [0.5, 0.6) is 0 Å². The molecule has 16 heavy (non-hydrogen) atoms. The van der Waals surface area contributed by atoms with Gasteiger partial charge in [-0.1, -0.05) is 39.0 Å². The summed E-state index contributed by atoms with van der Waals surface area (Å²) in [5.74, 6) is 0. The second-order valence-corrected chi connectivity index (χ2v) is 4.25. The number of hydrogen-bond donors (Lipinski definition) is 1. The molecular formula is C10H19ClF4S. The number of hydrogen-bond acceptors (Lipinski definition) is 1. The van der Waals surface area contributed by atoms with Crippen molar-refractivity contribution in [2.24, 2.45) is 0 Å². The van der Waals surface area contributed by atoms with Crippen LogP contribution in [0.25, 0.3) is 0 Å². The van der Waals surface area contributed by atoms with Crippen LogP contribution < -0.4 is 0 Å². The molecule has 1 rings (SSSR count). The van der Waals surface area contributed by atoms with Crippen molar-refractivity contribution >= 4 is 25.0 Å². The Kier molecular flexibility index (Phi) is 20.5. The minimum Gasteiger partial charge on any atom is -0.269 e. The van der Waals surface area contributed by atoms with E-state index in [2.05, 4.69) is 45.5 Å². The van der Waals surface area contributed by atoms with Crippen LogP contribution in [-0.2, 0) is 5.41 Å². The van der Waals surface area contributed by atoms with Gasteiger partial charge >= 0.3 is 0 Å². The Labute approximate surface area is 105 Å². The molecule has 0 bridgehead atoms. The predicted molar refractivity (Wildman–Crippen MR) is 69.7 cm³/mol. The van der Waals surface area contributed by atoms with Crippen molar-refractivity contribution < 1.29 is 18.8 Å². The van der Waals surface area contributed by atoms with E-state index in [1.54, 1.807) is 0 Å². The predicted octanol–water partition coefficient (Wildman–Crippen LogP) is 4.30. The molecule has 0 spiro atoms. The van der Waals surface area contributed by atoms with Crippen LogP contribution in [0.15, 0.2) is 29.2 Å². The van der Waals surface area contributed by atoms with E-state index in [-0.39, 0.29) is 36.6 Å². The van der Waals surface area contributed by atoms with Gasteiger partial charge in [0, 0.05) is 4.90 Å². The summed E-state index contributed by atoms with van der Waals surface area (Å²) in [5, 5.41) is 0. The summed E-state index contributed by atoms with van der Waals surface area (Å²) in [4.78, 5) is 1.08. The van der Waals surface area contributed by atoms with Gasteiger partial charge in [0.25, 0.3) is 0 Å². The molecule has 0 radical (unpaired) electrons. The molecule has 0 aliphatic heterocycles. The summed E-state index contributed by atoms with van der Waals surface area (Å²) in [6.45, 7) is 6.59. The van der Waals surface area contributed by atoms with E-state index < -0.39 is 0 Å². The van der Waals surface area contributed by atoms with Crippen LogP contribution in [0, 0.1) is 0 Å². The minimum atomic E-state index is 0. The van der Waals surface area contributed by atoms with Crippen LogP contribution in [0.4, 0.5) is 18.8 Å². The zero-order valence-electron chi connectivity index (χ0n) is 9.30. The van der Waals surface area contributed by atoms with Crippen LogP contribution in [0.2, 0.25) is 0 Å². The van der Waals surface area contributed by atoms with E-state index in [0.717, 1.165) is 4.90 Å². The Hall–Kier alpha value is -0.420. The van der Waals surface area contributed by atoms with Crippen LogP contribution in [-0.4, -0.2) is 0 Å². The molecule has 100 valence electrons. The third kappa shape index (κ3) is 7.82. The van der Waals surface area contributed by atoms with Gasteiger partial charge in [-0.3, -0.25) is 18.8 Å². The van der Waals surface area contributed by atoms with Gasteiger partial charge in [0.2, 0.25) is 0 Å². The number of rotatable bonds is 0. The molecule has 0 nitrogen and oxygen atoms in total. The molecule has 6 heteroatoms. The number of halogens is 5. The average Bonchev–Trinajstić information content (AvgIpc) is 1.86. The van der Waals surface area contributed by atoms with E-state index in [1.165, 1.54) is 5.56 Å². The van der Waals surface area contributed by atoms with E-state index >= 15 is 0 Å². The molecule has 0 aromatic heterocycles. The second-order valence-electron chi connectivity index (χ2n) is 3.77. The molecule has 1 aromatic carbocycles. The lowest BCUT2D eigenvalue weighted by Gasteiger charge is -2.20. The van der Waals surface area contributed by atoms with Crippen molar-refractivity contribution in [3.63, 3.8) is 0 Å². The maximum absolute atomic E-state index is 4.39. The van der Waals surface area contributed by atoms with E-state index in [4.69, 9.17) is 0 Å². The Morgan fingerprint density at radius 3 is 1.50 bits per heavy atom. The molecule has 0 amide bonds. The normalized spacial score (nSPS) is 8.00. The van der Waals surface area contributed by atoms with Gasteiger partial charge in [0.1, 0.15) is 0 Å². The standard InChI is InChI=1S/C10H14S.ClH.4FH/c1-10(2,3)8-6-4-5-7-9(8)11;;;;;/h4-7,11H,1-3H3;5*1H. The second kappa shape index (κ2) is 11.1. The topological polar surface area (TPSA) is 0 Å². The summed E-state index contributed by atoms with van der Waals surface area (Å²) in [6.07, 6.45) is 0.